The zero-order valence-corrected chi connectivity index (χ0v) is 43.3. The van der Waals surface area contributed by atoms with E-state index in [0.717, 1.165) is 0 Å². The summed E-state index contributed by atoms with van der Waals surface area (Å²) >= 11 is 0. The monoisotopic (exact) mass is 1070 g/mol. The van der Waals surface area contributed by atoms with Crippen LogP contribution < -0.4 is 0 Å². The molecule has 4 aromatic carbocycles. The number of ether oxygens (including phenoxy) is 15. The molecular formula is C57H62O20. The molecule has 5 saturated heterocycles. The minimum absolute atomic E-state index is 0.140. The van der Waals surface area contributed by atoms with Crippen molar-refractivity contribution in [2.45, 2.75) is 145 Å². The van der Waals surface area contributed by atoms with Crippen molar-refractivity contribution < 1.29 is 95.0 Å². The fourth-order valence-corrected chi connectivity index (χ4v) is 9.81. The molecule has 5 fully saturated rings. The van der Waals surface area contributed by atoms with E-state index >= 15 is 0 Å². The average molecular weight is 1070 g/mol. The van der Waals surface area contributed by atoms with Crippen molar-refractivity contribution in [1.82, 2.24) is 0 Å². The van der Waals surface area contributed by atoms with E-state index in [2.05, 4.69) is 6.58 Å². The summed E-state index contributed by atoms with van der Waals surface area (Å²) in [4.78, 5) is 68.3. The van der Waals surface area contributed by atoms with Crippen molar-refractivity contribution in [3.05, 3.63) is 156 Å². The van der Waals surface area contributed by atoms with E-state index in [1.807, 2.05) is 0 Å². The molecule has 0 saturated carbocycles. The quantitative estimate of drug-likeness (QED) is 0.0606. The van der Waals surface area contributed by atoms with Gasteiger partial charge in [-0.15, -0.1) is 6.58 Å². The molecule has 0 radical (unpaired) electrons. The molecule has 77 heavy (non-hydrogen) atoms. The third-order valence-corrected chi connectivity index (χ3v) is 13.1. The molecule has 0 spiro atoms. The summed E-state index contributed by atoms with van der Waals surface area (Å²) in [5.74, 6) is -6.18. The minimum Gasteiger partial charge on any atom is -0.459 e. The molecule has 0 unspecified atom stereocenters. The Kier molecular flexibility index (Phi) is 17.3. The highest BCUT2D eigenvalue weighted by Gasteiger charge is 2.62. The first-order chi connectivity index (χ1) is 37.0. The van der Waals surface area contributed by atoms with Crippen LogP contribution in [0.5, 0.6) is 0 Å². The van der Waals surface area contributed by atoms with Crippen LogP contribution in [0, 0.1) is 0 Å². The van der Waals surface area contributed by atoms with Crippen LogP contribution in [0.2, 0.25) is 0 Å². The maximum atomic E-state index is 14.4. The molecule has 410 valence electrons. The van der Waals surface area contributed by atoms with E-state index in [1.54, 1.807) is 156 Å². The van der Waals surface area contributed by atoms with Crippen LogP contribution in [-0.4, -0.2) is 153 Å². The third kappa shape index (κ3) is 13.1. The molecule has 20 heteroatoms. The van der Waals surface area contributed by atoms with Crippen molar-refractivity contribution in [1.29, 1.82) is 0 Å². The van der Waals surface area contributed by atoms with Gasteiger partial charge in [0.2, 0.25) is 0 Å². The predicted molar refractivity (Wildman–Crippen MR) is 265 cm³/mol. The second-order valence-electron chi connectivity index (χ2n) is 19.7. The first-order valence-corrected chi connectivity index (χ1v) is 25.3. The van der Waals surface area contributed by atoms with Crippen LogP contribution in [0.1, 0.15) is 83.0 Å². The Morgan fingerprint density at radius 1 is 0.481 bits per heavy atom. The lowest BCUT2D eigenvalue weighted by Crippen LogP contribution is -2.67. The lowest BCUT2D eigenvalue weighted by molar-refractivity contribution is -0.377. The van der Waals surface area contributed by atoms with E-state index in [-0.39, 0.29) is 28.9 Å². The highest BCUT2D eigenvalue weighted by atomic mass is 16.8. The van der Waals surface area contributed by atoms with E-state index < -0.39 is 147 Å². The van der Waals surface area contributed by atoms with Crippen molar-refractivity contribution in [3.8, 4) is 0 Å². The van der Waals surface area contributed by atoms with Gasteiger partial charge in [0, 0.05) is 6.92 Å². The first kappa shape index (κ1) is 55.3. The summed E-state index contributed by atoms with van der Waals surface area (Å²) in [7, 11) is 0. The molecule has 0 N–H and O–H groups in total. The number of hydrogen-bond acceptors (Lipinski definition) is 20. The van der Waals surface area contributed by atoms with Gasteiger partial charge in [0.15, 0.2) is 48.8 Å². The zero-order valence-electron chi connectivity index (χ0n) is 43.3. The lowest BCUT2D eigenvalue weighted by atomic mass is 9.95. The summed E-state index contributed by atoms with van der Waals surface area (Å²) in [5, 5.41) is 0. The Morgan fingerprint density at radius 3 is 1.42 bits per heavy atom. The summed E-state index contributed by atoms with van der Waals surface area (Å²) in [6, 6.07) is 32.9. The Labute approximate surface area is 444 Å². The van der Waals surface area contributed by atoms with Crippen LogP contribution in [0.25, 0.3) is 0 Å². The molecular weight excluding hydrogens is 1000 g/mol. The molecule has 0 aromatic heterocycles. The third-order valence-electron chi connectivity index (χ3n) is 13.1. The van der Waals surface area contributed by atoms with Crippen LogP contribution in [0.3, 0.4) is 0 Å². The highest BCUT2D eigenvalue weighted by molar-refractivity contribution is 5.91. The standard InChI is InChI=1S/C57H62O20/c1-8-29-63-53-46(70-51(61)36-25-17-11-18-26-36)43(73-55-48-44(75-57(6,7)77-48)40(32(2)66-55)67-33(3)58)41(38(68-53)30-64-49(59)34-21-13-9-14-22-34)72-54-47(71-52(62)37-27-19-12-20-28-37)45-42(74-56(4,5)76-45)39(69-54)31-65-50(60)35-23-15-10-16-24-35/h8-28,32,38-48,53-55H,1,29-31H2,2-7H3/t32-,38+,39+,40-,41+,42-,43-,44+,45-,46+,47+,48+,53+,54-,55-/m0/s1. The number of hydrogen-bond donors (Lipinski definition) is 0. The maximum absolute atomic E-state index is 14.4. The molecule has 9 rings (SSSR count). The molecule has 4 aromatic rings. The second kappa shape index (κ2) is 24.1. The van der Waals surface area contributed by atoms with Gasteiger partial charge in [-0.05, 0) is 83.1 Å². The van der Waals surface area contributed by atoms with E-state index in [1.165, 1.54) is 13.0 Å². The van der Waals surface area contributed by atoms with Gasteiger partial charge in [0.05, 0.1) is 35.0 Å². The van der Waals surface area contributed by atoms with Crippen LogP contribution in [0.15, 0.2) is 134 Å². The predicted octanol–water partition coefficient (Wildman–Crippen LogP) is 6.29. The van der Waals surface area contributed by atoms with Gasteiger partial charge in [0.25, 0.3) is 0 Å². The average Bonchev–Trinajstić information content (AvgIpc) is 3.96. The number of rotatable bonds is 18. The van der Waals surface area contributed by atoms with Gasteiger partial charge in [0.1, 0.15) is 62.0 Å². The fraction of sp³-hybridized carbons (Fsp3) is 0.456. The highest BCUT2D eigenvalue weighted by Crippen LogP contribution is 2.44. The van der Waals surface area contributed by atoms with E-state index in [0.29, 0.717) is 0 Å². The molecule has 0 bridgehead atoms. The van der Waals surface area contributed by atoms with Crippen molar-refractivity contribution in [2.24, 2.45) is 0 Å². The summed E-state index contributed by atoms with van der Waals surface area (Å²) < 4.78 is 96.4. The molecule has 5 heterocycles. The topological polar surface area (TPSA) is 224 Å². The Hall–Kier alpha value is -6.43. The fourth-order valence-electron chi connectivity index (χ4n) is 9.81. The summed E-state index contributed by atoms with van der Waals surface area (Å²) in [6.45, 7) is 12.3. The number of carbonyl (C=O) groups is 5. The number of benzene rings is 4. The van der Waals surface area contributed by atoms with Crippen molar-refractivity contribution in [2.75, 3.05) is 19.8 Å². The Morgan fingerprint density at radius 2 is 0.909 bits per heavy atom. The smallest absolute Gasteiger partial charge is 0.338 e. The normalized spacial score (nSPS) is 31.8. The van der Waals surface area contributed by atoms with Gasteiger partial charge in [-0.1, -0.05) is 78.9 Å². The minimum atomic E-state index is -1.69. The first-order valence-electron chi connectivity index (χ1n) is 25.3. The van der Waals surface area contributed by atoms with E-state index in [9.17, 15) is 24.0 Å². The van der Waals surface area contributed by atoms with Crippen molar-refractivity contribution in [3.63, 3.8) is 0 Å². The zero-order chi connectivity index (χ0) is 54.4. The molecule has 20 nitrogen and oxygen atoms in total. The van der Waals surface area contributed by atoms with Gasteiger partial charge >= 0.3 is 29.8 Å². The van der Waals surface area contributed by atoms with Crippen LogP contribution >= 0.6 is 0 Å². The number of carbonyl (C=O) groups excluding carboxylic acids is 5. The molecule has 5 aliphatic heterocycles. The van der Waals surface area contributed by atoms with Gasteiger partial charge in [-0.25, -0.2) is 19.2 Å². The number of esters is 5. The van der Waals surface area contributed by atoms with Crippen LogP contribution in [-0.2, 0) is 75.8 Å². The molecule has 5 aliphatic rings. The Bertz CT molecular complexity index is 2670. The van der Waals surface area contributed by atoms with Gasteiger partial charge in [-0.3, -0.25) is 4.79 Å². The van der Waals surface area contributed by atoms with Gasteiger partial charge in [-0.2, -0.15) is 0 Å². The second-order valence-corrected chi connectivity index (χ2v) is 19.7. The lowest BCUT2D eigenvalue weighted by Gasteiger charge is -2.49. The maximum Gasteiger partial charge on any atom is 0.338 e. The summed E-state index contributed by atoms with van der Waals surface area (Å²) in [5.41, 5.74) is 0.804. The van der Waals surface area contributed by atoms with E-state index in [4.69, 9.17) is 71.1 Å². The summed E-state index contributed by atoms with van der Waals surface area (Å²) in [6.07, 6.45) is -18.0. The SMILES string of the molecule is C=CCO[C@@H]1O[C@H](COC(=O)c2ccccc2)[C@@H](O[C@@H]2O[C@H](COC(=O)c3ccccc3)[C@@H]3OC(C)(C)O[C@@H]3[C@H]2OC(=O)c2ccccc2)[C@H](O[C@@H]2O[C@@H](C)[C@H](OC(C)=O)[C@H]3OC(C)(C)O[C@@H]23)[C@H]1OC(=O)c1ccccc1. The number of fused-ring (bicyclic) bond motifs is 2. The van der Waals surface area contributed by atoms with Crippen LogP contribution in [0.4, 0.5) is 0 Å². The Balaban J connectivity index is 1.16. The molecule has 0 aliphatic carbocycles. The molecule has 15 atom stereocenters. The largest absolute Gasteiger partial charge is 0.459 e. The van der Waals surface area contributed by atoms with Gasteiger partial charge < -0.3 is 71.1 Å². The molecule has 0 amide bonds. The van der Waals surface area contributed by atoms with Crippen molar-refractivity contribution >= 4 is 29.8 Å².